The van der Waals surface area contributed by atoms with E-state index >= 15 is 0 Å². The van der Waals surface area contributed by atoms with Gasteiger partial charge in [0, 0.05) is 35.4 Å². The minimum absolute atomic E-state index is 0.0724. The molecule has 7 nitrogen and oxygen atoms in total. The van der Waals surface area contributed by atoms with Crippen LogP contribution in [0.3, 0.4) is 0 Å². The molecular formula is C22H25BrClN3O4S. The number of rotatable bonds is 7. The van der Waals surface area contributed by atoms with Gasteiger partial charge in [-0.15, -0.1) is 0 Å². The van der Waals surface area contributed by atoms with Gasteiger partial charge in [0.25, 0.3) is 5.91 Å². The number of nitrogens with one attached hydrogen (secondary N) is 1. The molecule has 0 aliphatic carbocycles. The number of sulfonamides is 1. The molecule has 0 unspecified atom stereocenters. The van der Waals surface area contributed by atoms with Crippen LogP contribution in [0.1, 0.15) is 36.5 Å². The van der Waals surface area contributed by atoms with Crippen LogP contribution in [0.15, 0.2) is 51.8 Å². The number of carbonyl (C=O) groups is 2. The standard InChI is InChI=1S/C22H25BrClN3O4S/c1-2-26(15-21(28)25-18-9-7-17(23)8-10-18)22(29)16-6-11-19(24)20(14-16)32(30,31)27-12-4-3-5-13-27/h6-11,14H,2-5,12-13,15H2,1H3,(H,25,28). The first-order valence-electron chi connectivity index (χ1n) is 10.4. The van der Waals surface area contributed by atoms with Gasteiger partial charge in [-0.05, 0) is 62.2 Å². The summed E-state index contributed by atoms with van der Waals surface area (Å²) in [5.41, 5.74) is 0.784. The predicted octanol–water partition coefficient (Wildman–Crippen LogP) is 4.38. The maximum Gasteiger partial charge on any atom is 0.254 e. The number of halogens is 2. The summed E-state index contributed by atoms with van der Waals surface area (Å²) < 4.78 is 28.5. The number of hydrogen-bond acceptors (Lipinski definition) is 4. The zero-order valence-corrected chi connectivity index (χ0v) is 20.8. The number of anilines is 1. The number of likely N-dealkylation sites (N-methyl/N-ethyl adjacent to an activating group) is 1. The van der Waals surface area contributed by atoms with E-state index in [-0.39, 0.29) is 34.5 Å². The van der Waals surface area contributed by atoms with E-state index in [1.165, 1.54) is 27.4 Å². The third-order valence-corrected chi connectivity index (χ3v) is 8.15. The van der Waals surface area contributed by atoms with Crippen molar-refractivity contribution in [1.82, 2.24) is 9.21 Å². The minimum atomic E-state index is -3.80. The van der Waals surface area contributed by atoms with E-state index in [1.54, 1.807) is 31.2 Å². The Morgan fingerprint density at radius 1 is 1.09 bits per heavy atom. The van der Waals surface area contributed by atoms with E-state index in [0.717, 1.165) is 23.7 Å². The van der Waals surface area contributed by atoms with Gasteiger partial charge >= 0.3 is 0 Å². The highest BCUT2D eigenvalue weighted by atomic mass is 79.9. The molecule has 0 saturated carbocycles. The lowest BCUT2D eigenvalue weighted by Crippen LogP contribution is -2.38. The molecule has 1 N–H and O–H groups in total. The van der Waals surface area contributed by atoms with Crippen molar-refractivity contribution in [2.45, 2.75) is 31.1 Å². The molecule has 0 spiro atoms. The minimum Gasteiger partial charge on any atom is -0.330 e. The molecule has 1 saturated heterocycles. The number of hydrogen-bond donors (Lipinski definition) is 1. The van der Waals surface area contributed by atoms with Crippen molar-refractivity contribution < 1.29 is 18.0 Å². The molecule has 1 fully saturated rings. The lowest BCUT2D eigenvalue weighted by Gasteiger charge is -2.26. The molecule has 3 rings (SSSR count). The molecule has 0 radical (unpaired) electrons. The number of carbonyl (C=O) groups excluding carboxylic acids is 2. The summed E-state index contributed by atoms with van der Waals surface area (Å²) >= 11 is 9.54. The van der Waals surface area contributed by atoms with E-state index in [0.29, 0.717) is 18.8 Å². The first kappa shape index (κ1) is 24.7. The number of nitrogens with zero attached hydrogens (tertiary/aromatic N) is 2. The molecule has 1 aliphatic rings. The third-order valence-electron chi connectivity index (χ3n) is 5.24. The smallest absolute Gasteiger partial charge is 0.254 e. The van der Waals surface area contributed by atoms with Crippen LogP contribution in [-0.4, -0.2) is 55.6 Å². The van der Waals surface area contributed by atoms with Gasteiger partial charge in [-0.2, -0.15) is 4.31 Å². The topological polar surface area (TPSA) is 86.8 Å². The molecule has 2 aromatic rings. The highest BCUT2D eigenvalue weighted by Crippen LogP contribution is 2.28. The van der Waals surface area contributed by atoms with Gasteiger partial charge in [-0.25, -0.2) is 8.42 Å². The van der Waals surface area contributed by atoms with Crippen molar-refractivity contribution in [3.8, 4) is 0 Å². The van der Waals surface area contributed by atoms with E-state index in [1.807, 2.05) is 0 Å². The van der Waals surface area contributed by atoms with Crippen molar-refractivity contribution in [3.05, 3.63) is 57.5 Å². The average molecular weight is 543 g/mol. The van der Waals surface area contributed by atoms with Crippen LogP contribution in [0, 0.1) is 0 Å². The Morgan fingerprint density at radius 2 is 1.75 bits per heavy atom. The molecular weight excluding hydrogens is 518 g/mol. The van der Waals surface area contributed by atoms with Crippen molar-refractivity contribution in [1.29, 1.82) is 0 Å². The van der Waals surface area contributed by atoms with Crippen LogP contribution >= 0.6 is 27.5 Å². The summed E-state index contributed by atoms with van der Waals surface area (Å²) in [6.07, 6.45) is 2.59. The summed E-state index contributed by atoms with van der Waals surface area (Å²) in [4.78, 5) is 26.8. The number of amides is 2. The Balaban J connectivity index is 1.77. The van der Waals surface area contributed by atoms with E-state index in [4.69, 9.17) is 11.6 Å². The van der Waals surface area contributed by atoms with Crippen LogP contribution in [0.25, 0.3) is 0 Å². The van der Waals surface area contributed by atoms with Gasteiger partial charge in [-0.1, -0.05) is 34.0 Å². The Morgan fingerprint density at radius 3 is 2.38 bits per heavy atom. The van der Waals surface area contributed by atoms with E-state index in [2.05, 4.69) is 21.2 Å². The molecule has 0 aromatic heterocycles. The first-order valence-corrected chi connectivity index (χ1v) is 13.0. The Labute approximate surface area is 201 Å². The fourth-order valence-electron chi connectivity index (χ4n) is 3.50. The number of piperidine rings is 1. The average Bonchev–Trinajstić information content (AvgIpc) is 2.79. The van der Waals surface area contributed by atoms with Crippen molar-refractivity contribution in [2.75, 3.05) is 31.5 Å². The second-order valence-electron chi connectivity index (χ2n) is 7.48. The zero-order chi connectivity index (χ0) is 23.3. The highest BCUT2D eigenvalue weighted by Gasteiger charge is 2.29. The molecule has 0 bridgehead atoms. The van der Waals surface area contributed by atoms with Gasteiger partial charge in [-0.3, -0.25) is 9.59 Å². The molecule has 0 atom stereocenters. The predicted molar refractivity (Wildman–Crippen MR) is 128 cm³/mol. The third kappa shape index (κ3) is 5.89. The van der Waals surface area contributed by atoms with Crippen molar-refractivity contribution in [3.63, 3.8) is 0 Å². The maximum absolute atomic E-state index is 13.1. The molecule has 32 heavy (non-hydrogen) atoms. The quantitative estimate of drug-likeness (QED) is 0.563. The first-order chi connectivity index (χ1) is 15.2. The van der Waals surface area contributed by atoms with Gasteiger partial charge < -0.3 is 10.2 Å². The molecule has 10 heteroatoms. The Kier molecular flexibility index (Phi) is 8.32. The molecule has 2 aromatic carbocycles. The van der Waals surface area contributed by atoms with Gasteiger partial charge in [0.15, 0.2) is 0 Å². The van der Waals surface area contributed by atoms with Crippen LogP contribution < -0.4 is 5.32 Å². The monoisotopic (exact) mass is 541 g/mol. The van der Waals surface area contributed by atoms with E-state index in [9.17, 15) is 18.0 Å². The second kappa shape index (κ2) is 10.8. The van der Waals surface area contributed by atoms with Gasteiger partial charge in [0.2, 0.25) is 15.9 Å². The van der Waals surface area contributed by atoms with Crippen LogP contribution in [-0.2, 0) is 14.8 Å². The maximum atomic E-state index is 13.1. The molecule has 1 heterocycles. The van der Waals surface area contributed by atoms with Crippen LogP contribution in [0.5, 0.6) is 0 Å². The van der Waals surface area contributed by atoms with E-state index < -0.39 is 15.9 Å². The molecule has 2 amide bonds. The van der Waals surface area contributed by atoms with Crippen molar-refractivity contribution in [2.24, 2.45) is 0 Å². The Hall–Kier alpha value is -1.94. The second-order valence-corrected chi connectivity index (χ2v) is 10.7. The summed E-state index contributed by atoms with van der Waals surface area (Å²) in [7, 11) is -3.80. The summed E-state index contributed by atoms with van der Waals surface area (Å²) in [6.45, 7) is 2.75. The van der Waals surface area contributed by atoms with Crippen LogP contribution in [0.4, 0.5) is 5.69 Å². The van der Waals surface area contributed by atoms with Gasteiger partial charge in [0.1, 0.15) is 11.4 Å². The normalized spacial score (nSPS) is 14.7. The summed E-state index contributed by atoms with van der Waals surface area (Å²) in [5, 5.41) is 2.82. The molecule has 172 valence electrons. The number of benzene rings is 2. The fraction of sp³-hybridized carbons (Fsp3) is 0.364. The largest absolute Gasteiger partial charge is 0.330 e. The Bertz CT molecular complexity index is 1090. The van der Waals surface area contributed by atoms with Crippen LogP contribution in [0.2, 0.25) is 5.02 Å². The summed E-state index contributed by atoms with van der Waals surface area (Å²) in [6, 6.07) is 11.3. The zero-order valence-electron chi connectivity index (χ0n) is 17.7. The fourth-order valence-corrected chi connectivity index (χ4v) is 5.78. The highest BCUT2D eigenvalue weighted by molar-refractivity contribution is 9.10. The van der Waals surface area contributed by atoms with Gasteiger partial charge in [0.05, 0.1) is 5.02 Å². The lowest BCUT2D eigenvalue weighted by atomic mass is 10.2. The SMILES string of the molecule is CCN(CC(=O)Nc1ccc(Br)cc1)C(=O)c1ccc(Cl)c(S(=O)(=O)N2CCCCC2)c1. The molecule has 1 aliphatic heterocycles. The van der Waals surface area contributed by atoms with Crippen molar-refractivity contribution >= 4 is 55.1 Å². The summed E-state index contributed by atoms with van der Waals surface area (Å²) in [5.74, 6) is -0.789. The lowest BCUT2D eigenvalue weighted by molar-refractivity contribution is -0.116.